The lowest BCUT2D eigenvalue weighted by molar-refractivity contribution is -0.128. The van der Waals surface area contributed by atoms with Gasteiger partial charge in [0.05, 0.1) is 6.04 Å². The van der Waals surface area contributed by atoms with E-state index >= 15 is 0 Å². The van der Waals surface area contributed by atoms with Gasteiger partial charge < -0.3 is 10.2 Å². The average Bonchev–Trinajstić information content (AvgIpc) is 2.88. The van der Waals surface area contributed by atoms with Crippen LogP contribution in [0.1, 0.15) is 34.0 Å². The first-order valence-corrected chi connectivity index (χ1v) is 8.44. The Balaban J connectivity index is 1.64. The number of carbonyl (C=O) groups is 2. The number of hydrogen-bond donors (Lipinski definition) is 1. The SMILES string of the molecule is Cc1cc(C(=O)N[C@@H]2CC(=O)N(Cc3ccccc3Cl)C2)nc(C)n1. The molecule has 0 aliphatic carbocycles. The van der Waals surface area contributed by atoms with Crippen LogP contribution in [-0.2, 0) is 11.3 Å². The number of aryl methyl sites for hydroxylation is 2. The fourth-order valence-corrected chi connectivity index (χ4v) is 3.14. The molecule has 1 saturated heterocycles. The summed E-state index contributed by atoms with van der Waals surface area (Å²) in [6.07, 6.45) is 0.277. The molecule has 1 aliphatic rings. The summed E-state index contributed by atoms with van der Waals surface area (Å²) in [5.41, 5.74) is 1.95. The Kier molecular flexibility index (Phi) is 4.99. The smallest absolute Gasteiger partial charge is 0.270 e. The van der Waals surface area contributed by atoms with Gasteiger partial charge in [-0.05, 0) is 31.5 Å². The van der Waals surface area contributed by atoms with Crippen molar-refractivity contribution in [2.45, 2.75) is 32.9 Å². The van der Waals surface area contributed by atoms with Crippen molar-refractivity contribution in [2.24, 2.45) is 0 Å². The Morgan fingerprint density at radius 2 is 2.08 bits per heavy atom. The van der Waals surface area contributed by atoms with Crippen LogP contribution < -0.4 is 5.32 Å². The summed E-state index contributed by atoms with van der Waals surface area (Å²) >= 11 is 6.16. The number of benzene rings is 1. The molecule has 6 nitrogen and oxygen atoms in total. The number of rotatable bonds is 4. The molecule has 2 amide bonds. The maximum atomic E-state index is 12.4. The van der Waals surface area contributed by atoms with E-state index in [4.69, 9.17) is 11.6 Å². The largest absolute Gasteiger partial charge is 0.346 e. The minimum Gasteiger partial charge on any atom is -0.346 e. The highest BCUT2D eigenvalue weighted by Crippen LogP contribution is 2.20. The second-order valence-corrected chi connectivity index (χ2v) is 6.59. The molecule has 1 N–H and O–H groups in total. The lowest BCUT2D eigenvalue weighted by Gasteiger charge is -2.18. The Morgan fingerprint density at radius 3 is 2.80 bits per heavy atom. The summed E-state index contributed by atoms with van der Waals surface area (Å²) in [6, 6.07) is 8.84. The van der Waals surface area contributed by atoms with Crippen LogP contribution in [0, 0.1) is 13.8 Å². The van der Waals surface area contributed by atoms with E-state index in [1.807, 2.05) is 25.1 Å². The van der Waals surface area contributed by atoms with Crippen LogP contribution in [0.15, 0.2) is 30.3 Å². The molecule has 1 aliphatic heterocycles. The fraction of sp³-hybridized carbons (Fsp3) is 0.333. The number of aromatic nitrogens is 2. The normalized spacial score (nSPS) is 17.0. The number of nitrogens with zero attached hydrogens (tertiary/aromatic N) is 3. The standard InChI is InChI=1S/C18H19ClN4O2/c1-11-7-16(21-12(2)20-11)18(25)22-14-8-17(24)23(10-14)9-13-5-3-4-6-15(13)19/h3-7,14H,8-10H2,1-2H3,(H,22,25)/t14-/m1/s1. The molecule has 2 aromatic rings. The molecule has 0 unspecified atom stereocenters. The number of nitrogens with one attached hydrogen (secondary N) is 1. The van der Waals surface area contributed by atoms with E-state index in [-0.39, 0.29) is 24.3 Å². The molecular formula is C18H19ClN4O2. The Hall–Kier alpha value is -2.47. The van der Waals surface area contributed by atoms with Crippen LogP contribution in [0.2, 0.25) is 5.02 Å². The molecule has 1 aromatic heterocycles. The lowest BCUT2D eigenvalue weighted by atomic mass is 10.2. The Morgan fingerprint density at radius 1 is 1.32 bits per heavy atom. The van der Waals surface area contributed by atoms with Crippen molar-refractivity contribution in [3.05, 3.63) is 58.1 Å². The van der Waals surface area contributed by atoms with Gasteiger partial charge in [-0.2, -0.15) is 0 Å². The summed E-state index contributed by atoms with van der Waals surface area (Å²) in [4.78, 5) is 34.6. The van der Waals surface area contributed by atoms with Gasteiger partial charge in [-0.1, -0.05) is 29.8 Å². The molecule has 3 rings (SSSR count). The first kappa shape index (κ1) is 17.4. The molecule has 7 heteroatoms. The highest BCUT2D eigenvalue weighted by Gasteiger charge is 2.31. The molecular weight excluding hydrogens is 340 g/mol. The molecule has 0 saturated carbocycles. The van der Waals surface area contributed by atoms with Crippen LogP contribution in [0.25, 0.3) is 0 Å². The number of hydrogen-bond acceptors (Lipinski definition) is 4. The van der Waals surface area contributed by atoms with Crippen LogP contribution in [0.3, 0.4) is 0 Å². The average molecular weight is 359 g/mol. The first-order valence-electron chi connectivity index (χ1n) is 8.06. The summed E-state index contributed by atoms with van der Waals surface area (Å²) in [5, 5.41) is 3.52. The zero-order chi connectivity index (χ0) is 18.0. The van der Waals surface area contributed by atoms with E-state index < -0.39 is 0 Å². The number of carbonyl (C=O) groups excluding carboxylic acids is 2. The predicted octanol–water partition coefficient (Wildman–Crippen LogP) is 2.28. The highest BCUT2D eigenvalue weighted by molar-refractivity contribution is 6.31. The molecule has 1 atom stereocenters. The van der Waals surface area contributed by atoms with Crippen LogP contribution in [0.5, 0.6) is 0 Å². The number of halogens is 1. The molecule has 1 fully saturated rings. The van der Waals surface area contributed by atoms with E-state index in [2.05, 4.69) is 15.3 Å². The fourth-order valence-electron chi connectivity index (χ4n) is 2.95. The van der Waals surface area contributed by atoms with Gasteiger partial charge >= 0.3 is 0 Å². The van der Waals surface area contributed by atoms with Crippen LogP contribution in [0.4, 0.5) is 0 Å². The minimum absolute atomic E-state index is 0.000248. The summed E-state index contributed by atoms with van der Waals surface area (Å²) in [7, 11) is 0. The second kappa shape index (κ2) is 7.19. The molecule has 0 radical (unpaired) electrons. The van der Waals surface area contributed by atoms with E-state index in [9.17, 15) is 9.59 Å². The molecule has 2 heterocycles. The van der Waals surface area contributed by atoms with Crippen molar-refractivity contribution in [1.82, 2.24) is 20.2 Å². The third-order valence-corrected chi connectivity index (χ3v) is 4.44. The van der Waals surface area contributed by atoms with Gasteiger partial charge in [0.15, 0.2) is 0 Å². The van der Waals surface area contributed by atoms with Gasteiger partial charge in [-0.15, -0.1) is 0 Å². The lowest BCUT2D eigenvalue weighted by Crippen LogP contribution is -2.37. The van der Waals surface area contributed by atoms with Crippen LogP contribution in [-0.4, -0.2) is 39.3 Å². The van der Waals surface area contributed by atoms with Crippen LogP contribution >= 0.6 is 11.6 Å². The molecule has 1 aromatic carbocycles. The first-order chi connectivity index (χ1) is 11.9. The molecule has 0 spiro atoms. The summed E-state index contributed by atoms with van der Waals surface area (Å²) in [6.45, 7) is 4.46. The zero-order valence-corrected chi connectivity index (χ0v) is 14.9. The van der Waals surface area contributed by atoms with Crippen molar-refractivity contribution in [3.63, 3.8) is 0 Å². The second-order valence-electron chi connectivity index (χ2n) is 6.18. The van der Waals surface area contributed by atoms with E-state index in [0.717, 1.165) is 11.3 Å². The van der Waals surface area contributed by atoms with Crippen molar-refractivity contribution in [1.29, 1.82) is 0 Å². The van der Waals surface area contributed by atoms with Gasteiger partial charge in [0, 0.05) is 30.2 Å². The predicted molar refractivity (Wildman–Crippen MR) is 94.2 cm³/mol. The Bertz CT molecular complexity index is 804. The summed E-state index contributed by atoms with van der Waals surface area (Å²) < 4.78 is 0. The van der Waals surface area contributed by atoms with Crippen molar-refractivity contribution in [3.8, 4) is 0 Å². The summed E-state index contributed by atoms with van der Waals surface area (Å²) in [5.74, 6) is 0.263. The molecule has 0 bridgehead atoms. The monoisotopic (exact) mass is 358 g/mol. The van der Waals surface area contributed by atoms with Crippen molar-refractivity contribution < 1.29 is 9.59 Å². The number of likely N-dealkylation sites (tertiary alicyclic amines) is 1. The van der Waals surface area contributed by atoms with Crippen molar-refractivity contribution in [2.75, 3.05) is 6.54 Å². The Labute approximate surface area is 151 Å². The van der Waals surface area contributed by atoms with Gasteiger partial charge in [0.2, 0.25) is 5.91 Å². The number of amides is 2. The minimum atomic E-state index is -0.286. The van der Waals surface area contributed by atoms with Gasteiger partial charge in [0.25, 0.3) is 5.91 Å². The molecule has 130 valence electrons. The van der Waals surface area contributed by atoms with Gasteiger partial charge in [-0.25, -0.2) is 9.97 Å². The van der Waals surface area contributed by atoms with E-state index in [0.29, 0.717) is 29.6 Å². The van der Waals surface area contributed by atoms with Gasteiger partial charge in [0.1, 0.15) is 11.5 Å². The highest BCUT2D eigenvalue weighted by atomic mass is 35.5. The van der Waals surface area contributed by atoms with E-state index in [1.165, 1.54) is 0 Å². The maximum Gasteiger partial charge on any atom is 0.270 e. The maximum absolute atomic E-state index is 12.4. The third kappa shape index (κ3) is 4.14. The topological polar surface area (TPSA) is 75.2 Å². The third-order valence-electron chi connectivity index (χ3n) is 4.07. The molecule has 25 heavy (non-hydrogen) atoms. The van der Waals surface area contributed by atoms with Gasteiger partial charge in [-0.3, -0.25) is 9.59 Å². The van der Waals surface area contributed by atoms with Crippen molar-refractivity contribution >= 4 is 23.4 Å². The zero-order valence-electron chi connectivity index (χ0n) is 14.1. The van der Waals surface area contributed by atoms with E-state index in [1.54, 1.807) is 24.0 Å². The quantitative estimate of drug-likeness (QED) is 0.909.